The van der Waals surface area contributed by atoms with Crippen molar-refractivity contribution in [3.8, 4) is 5.75 Å². The zero-order chi connectivity index (χ0) is 37.2. The number of phenols is 1. The molecule has 0 radical (unpaired) electrons. The van der Waals surface area contributed by atoms with Gasteiger partial charge in [0.15, 0.2) is 19.9 Å². The SMILES string of the molecule is O=C(C(Cc1ccc(O)cc1CS(=O)(=O)c1nccc2ccccc12)NCS(=O)(=O)c1nccc2ccccc12)N1CCN(c2ccc(F)cc2)CC1. The van der Waals surface area contributed by atoms with Crippen LogP contribution in [0.1, 0.15) is 11.1 Å². The number of carbonyl (C=O) groups is 1. The van der Waals surface area contributed by atoms with Crippen LogP contribution in [0.3, 0.4) is 0 Å². The number of fused-ring (bicyclic) bond motifs is 2. The van der Waals surface area contributed by atoms with E-state index >= 15 is 0 Å². The van der Waals surface area contributed by atoms with Gasteiger partial charge in [-0.3, -0.25) is 10.1 Å². The Balaban J connectivity index is 1.18. The maximum Gasteiger partial charge on any atom is 0.240 e. The van der Waals surface area contributed by atoms with Crippen LogP contribution in [0.15, 0.2) is 126 Å². The molecule has 3 heterocycles. The molecule has 7 rings (SSSR count). The molecule has 1 atom stereocenters. The fraction of sp³-hybridized carbons (Fsp3) is 0.205. The van der Waals surface area contributed by atoms with Crippen LogP contribution in [-0.4, -0.2) is 80.8 Å². The highest BCUT2D eigenvalue weighted by atomic mass is 32.2. The molecule has 1 unspecified atom stereocenters. The Kier molecular flexibility index (Phi) is 10.1. The van der Waals surface area contributed by atoms with Crippen molar-refractivity contribution in [1.29, 1.82) is 0 Å². The fourth-order valence-corrected chi connectivity index (χ4v) is 9.56. The Morgan fingerprint density at radius 3 is 1.94 bits per heavy atom. The lowest BCUT2D eigenvalue weighted by molar-refractivity contribution is -0.133. The highest BCUT2D eigenvalue weighted by Gasteiger charge is 2.31. The lowest BCUT2D eigenvalue weighted by Gasteiger charge is -2.38. The molecule has 11 nitrogen and oxygen atoms in total. The van der Waals surface area contributed by atoms with E-state index in [1.807, 2.05) is 4.90 Å². The molecule has 1 aliphatic heterocycles. The van der Waals surface area contributed by atoms with E-state index in [1.165, 1.54) is 36.7 Å². The number of piperazine rings is 1. The van der Waals surface area contributed by atoms with Gasteiger partial charge in [-0.2, -0.15) is 0 Å². The third kappa shape index (κ3) is 7.84. The first-order chi connectivity index (χ1) is 25.5. The van der Waals surface area contributed by atoms with Crippen LogP contribution in [0.5, 0.6) is 5.75 Å². The molecule has 0 saturated carbocycles. The van der Waals surface area contributed by atoms with E-state index in [0.717, 1.165) is 5.69 Å². The summed E-state index contributed by atoms with van der Waals surface area (Å²) < 4.78 is 68.9. The zero-order valence-corrected chi connectivity index (χ0v) is 30.1. The summed E-state index contributed by atoms with van der Waals surface area (Å²) in [4.78, 5) is 26.3. The minimum absolute atomic E-state index is 0.0798. The molecule has 1 amide bonds. The zero-order valence-electron chi connectivity index (χ0n) is 28.5. The smallest absolute Gasteiger partial charge is 0.240 e. The van der Waals surface area contributed by atoms with Crippen molar-refractivity contribution in [2.24, 2.45) is 0 Å². The normalized spacial score (nSPS) is 14.4. The van der Waals surface area contributed by atoms with Gasteiger partial charge in [-0.1, -0.05) is 54.6 Å². The van der Waals surface area contributed by atoms with Crippen LogP contribution in [0.2, 0.25) is 0 Å². The number of pyridine rings is 2. The summed E-state index contributed by atoms with van der Waals surface area (Å²) in [6, 6.07) is 26.7. The van der Waals surface area contributed by atoms with E-state index in [0.29, 0.717) is 53.3 Å². The summed E-state index contributed by atoms with van der Waals surface area (Å²) in [6.45, 7) is 1.55. The number of nitrogens with one attached hydrogen (secondary N) is 1. The van der Waals surface area contributed by atoms with Crippen LogP contribution in [0.4, 0.5) is 10.1 Å². The predicted molar refractivity (Wildman–Crippen MR) is 200 cm³/mol. The number of aromatic hydroxyl groups is 1. The Morgan fingerprint density at radius 1 is 0.736 bits per heavy atom. The van der Waals surface area contributed by atoms with Gasteiger partial charge < -0.3 is 14.9 Å². The van der Waals surface area contributed by atoms with Gasteiger partial charge in [0.05, 0.1) is 11.8 Å². The van der Waals surface area contributed by atoms with Gasteiger partial charge in [-0.05, 0) is 76.9 Å². The van der Waals surface area contributed by atoms with E-state index in [1.54, 1.807) is 83.8 Å². The second-order valence-corrected chi connectivity index (χ2v) is 16.7. The number of hydrogen-bond acceptors (Lipinski definition) is 10. The Labute approximate surface area is 306 Å². The standard InChI is InChI=1S/C39H36FN5O6S2/c40-31-10-12-32(13-11-31)44-19-21-45(22-20-44)39(47)36(43-26-53(50,51)38-35-8-4-2-6-28(35)16-18-42-38)24-29-9-14-33(46)23-30(29)25-52(48,49)37-34-7-3-1-5-27(34)15-17-41-37/h1-18,23,36,43,46H,19-22,24-26H2. The van der Waals surface area contributed by atoms with Crippen LogP contribution in [0.25, 0.3) is 21.5 Å². The lowest BCUT2D eigenvalue weighted by atomic mass is 9.99. The van der Waals surface area contributed by atoms with Gasteiger partial charge in [0, 0.05) is 55.0 Å². The molecule has 1 saturated heterocycles. The number of anilines is 1. The van der Waals surface area contributed by atoms with Gasteiger partial charge in [0.1, 0.15) is 17.4 Å². The molecule has 1 aliphatic rings. The van der Waals surface area contributed by atoms with Gasteiger partial charge in [0.25, 0.3) is 0 Å². The van der Waals surface area contributed by atoms with Crippen molar-refractivity contribution in [3.05, 3.63) is 132 Å². The Morgan fingerprint density at radius 2 is 1.32 bits per heavy atom. The maximum absolute atomic E-state index is 14.3. The predicted octanol–water partition coefficient (Wildman–Crippen LogP) is 4.88. The van der Waals surface area contributed by atoms with Gasteiger partial charge in [-0.15, -0.1) is 0 Å². The number of hydrogen-bond donors (Lipinski definition) is 2. The maximum atomic E-state index is 14.3. The molecular weight excluding hydrogens is 718 g/mol. The number of rotatable bonds is 11. The van der Waals surface area contributed by atoms with Crippen LogP contribution in [0, 0.1) is 5.82 Å². The first-order valence-corrected chi connectivity index (χ1v) is 20.3. The average Bonchev–Trinajstić information content (AvgIpc) is 3.16. The number of halogens is 1. The molecule has 0 spiro atoms. The third-order valence-corrected chi connectivity index (χ3v) is 12.5. The topological polar surface area (TPSA) is 150 Å². The van der Waals surface area contributed by atoms with Gasteiger partial charge in [0.2, 0.25) is 15.7 Å². The largest absolute Gasteiger partial charge is 0.508 e. The highest BCUT2D eigenvalue weighted by Crippen LogP contribution is 2.28. The second kappa shape index (κ2) is 14.9. The average molecular weight is 754 g/mol. The quantitative estimate of drug-likeness (QED) is 0.188. The number of sulfone groups is 2. The molecular formula is C39H36FN5O6S2. The number of phenolic OH excluding ortho intramolecular Hbond substituents is 1. The minimum Gasteiger partial charge on any atom is -0.508 e. The first-order valence-electron chi connectivity index (χ1n) is 16.9. The molecule has 1 fully saturated rings. The fourth-order valence-electron chi connectivity index (χ4n) is 6.70. The molecule has 2 N–H and O–H groups in total. The number of aromatic nitrogens is 2. The molecule has 6 aromatic rings. The number of benzene rings is 4. The Hall–Kier alpha value is -5.44. The first kappa shape index (κ1) is 35.9. The molecule has 2 aromatic heterocycles. The second-order valence-electron chi connectivity index (χ2n) is 12.9. The lowest BCUT2D eigenvalue weighted by Crippen LogP contribution is -2.55. The van der Waals surface area contributed by atoms with E-state index in [-0.39, 0.29) is 39.5 Å². The third-order valence-electron chi connectivity index (χ3n) is 9.42. The molecule has 53 heavy (non-hydrogen) atoms. The number of amides is 1. The molecule has 4 aromatic carbocycles. The molecule has 0 bridgehead atoms. The van der Waals surface area contributed by atoms with E-state index < -0.39 is 37.3 Å². The molecule has 272 valence electrons. The van der Waals surface area contributed by atoms with Crippen molar-refractivity contribution in [3.63, 3.8) is 0 Å². The summed E-state index contributed by atoms with van der Waals surface area (Å²) in [5.74, 6) is -2.02. The van der Waals surface area contributed by atoms with Crippen molar-refractivity contribution >= 4 is 52.8 Å². The van der Waals surface area contributed by atoms with Crippen LogP contribution < -0.4 is 10.2 Å². The van der Waals surface area contributed by atoms with Gasteiger partial charge in [-0.25, -0.2) is 31.2 Å². The van der Waals surface area contributed by atoms with Crippen LogP contribution >= 0.6 is 0 Å². The summed E-state index contributed by atoms with van der Waals surface area (Å²) >= 11 is 0. The molecule has 14 heteroatoms. The van der Waals surface area contributed by atoms with Crippen LogP contribution in [-0.2, 0) is 36.6 Å². The Bertz CT molecular complexity index is 2520. The summed E-state index contributed by atoms with van der Waals surface area (Å²) in [6.07, 6.45) is 2.77. The summed E-state index contributed by atoms with van der Waals surface area (Å²) in [5, 5.41) is 15.5. The van der Waals surface area contributed by atoms with Gasteiger partial charge >= 0.3 is 0 Å². The van der Waals surface area contributed by atoms with E-state index in [9.17, 15) is 31.1 Å². The van der Waals surface area contributed by atoms with Crippen molar-refractivity contribution < 1.29 is 31.1 Å². The summed E-state index contributed by atoms with van der Waals surface area (Å²) in [5.41, 5.74) is 1.50. The van der Waals surface area contributed by atoms with Crippen molar-refractivity contribution in [1.82, 2.24) is 20.2 Å². The minimum atomic E-state index is -4.07. The van der Waals surface area contributed by atoms with E-state index in [2.05, 4.69) is 15.3 Å². The van der Waals surface area contributed by atoms with Crippen molar-refractivity contribution in [2.45, 2.75) is 28.3 Å². The van der Waals surface area contributed by atoms with Crippen molar-refractivity contribution in [2.75, 3.05) is 37.0 Å². The van der Waals surface area contributed by atoms with E-state index in [4.69, 9.17) is 0 Å². The number of nitrogens with zero attached hydrogens (tertiary/aromatic N) is 4. The monoisotopic (exact) mass is 753 g/mol. The molecule has 0 aliphatic carbocycles. The highest BCUT2D eigenvalue weighted by molar-refractivity contribution is 7.91. The number of carbonyl (C=O) groups excluding carboxylic acids is 1. The summed E-state index contributed by atoms with van der Waals surface area (Å²) in [7, 11) is -8.12.